The number of hydrogen-bond acceptors (Lipinski definition) is 4. The molecular weight excluding hydrogens is 236 g/mol. The molecule has 0 fully saturated rings. The Balaban J connectivity index is 2.99. The average Bonchev–Trinajstić information content (AvgIpc) is 2.31. The molecule has 1 aromatic heterocycles. The molecule has 6 heteroatoms. The lowest BCUT2D eigenvalue weighted by Crippen LogP contribution is -2.45. The minimum absolute atomic E-state index is 0.0533. The van der Waals surface area contributed by atoms with Gasteiger partial charge in [0.05, 0.1) is 13.7 Å². The molecule has 0 aliphatic heterocycles. The molecule has 1 unspecified atom stereocenters. The Kier molecular flexibility index (Phi) is 4.65. The normalized spacial score (nSPS) is 11.7. The molecule has 0 aliphatic carbocycles. The number of hydrogen-bond donors (Lipinski definition) is 1. The third-order valence-corrected chi connectivity index (χ3v) is 2.50. The van der Waals surface area contributed by atoms with Gasteiger partial charge in [0.1, 0.15) is 6.04 Å². The van der Waals surface area contributed by atoms with Gasteiger partial charge in [0.2, 0.25) is 5.91 Å². The van der Waals surface area contributed by atoms with Gasteiger partial charge in [0.15, 0.2) is 0 Å². The molecule has 1 aromatic rings. The molecule has 1 amide bonds. The van der Waals surface area contributed by atoms with Gasteiger partial charge in [-0.1, -0.05) is 6.07 Å². The number of esters is 1. The van der Waals surface area contributed by atoms with Crippen LogP contribution in [0.1, 0.15) is 12.6 Å². The molecule has 1 atom stereocenters. The summed E-state index contributed by atoms with van der Waals surface area (Å²) in [6, 6.07) is 3.92. The van der Waals surface area contributed by atoms with Gasteiger partial charge in [-0.2, -0.15) is 0 Å². The monoisotopic (exact) mass is 252 g/mol. The van der Waals surface area contributed by atoms with Crippen LogP contribution in [0.4, 0.5) is 0 Å². The van der Waals surface area contributed by atoms with Crippen LogP contribution in [-0.2, 0) is 20.9 Å². The SMILES string of the molecule is COC(=O)C(Cn1c(C)cccc1=O)NC(C)=O. The molecule has 0 aromatic carbocycles. The highest BCUT2D eigenvalue weighted by molar-refractivity contribution is 5.83. The van der Waals surface area contributed by atoms with Gasteiger partial charge < -0.3 is 14.6 Å². The first-order valence-corrected chi connectivity index (χ1v) is 5.47. The van der Waals surface area contributed by atoms with Gasteiger partial charge in [-0.25, -0.2) is 4.79 Å². The minimum Gasteiger partial charge on any atom is -0.467 e. The molecule has 18 heavy (non-hydrogen) atoms. The second kappa shape index (κ2) is 6.00. The van der Waals surface area contributed by atoms with Gasteiger partial charge in [0.25, 0.3) is 5.56 Å². The summed E-state index contributed by atoms with van der Waals surface area (Å²) in [6.07, 6.45) is 0. The molecule has 1 rings (SSSR count). The number of carbonyl (C=O) groups is 2. The summed E-state index contributed by atoms with van der Waals surface area (Å²) in [5.74, 6) is -0.938. The average molecular weight is 252 g/mol. The summed E-state index contributed by atoms with van der Waals surface area (Å²) < 4.78 is 6.01. The topological polar surface area (TPSA) is 77.4 Å². The maximum atomic E-state index is 11.7. The van der Waals surface area contributed by atoms with Gasteiger partial charge in [0, 0.05) is 18.7 Å². The Morgan fingerprint density at radius 3 is 2.61 bits per heavy atom. The first-order valence-electron chi connectivity index (χ1n) is 5.47. The second-order valence-corrected chi connectivity index (χ2v) is 3.89. The third kappa shape index (κ3) is 3.44. The van der Waals surface area contributed by atoms with Crippen LogP contribution in [0.25, 0.3) is 0 Å². The van der Waals surface area contributed by atoms with Crippen LogP contribution in [0.2, 0.25) is 0 Å². The fourth-order valence-electron chi connectivity index (χ4n) is 1.61. The van der Waals surface area contributed by atoms with E-state index in [2.05, 4.69) is 10.1 Å². The van der Waals surface area contributed by atoms with Crippen molar-refractivity contribution in [2.45, 2.75) is 26.4 Å². The van der Waals surface area contributed by atoms with Crippen molar-refractivity contribution < 1.29 is 14.3 Å². The first kappa shape index (κ1) is 14.0. The number of aromatic nitrogens is 1. The van der Waals surface area contributed by atoms with Crippen molar-refractivity contribution in [1.82, 2.24) is 9.88 Å². The number of nitrogens with one attached hydrogen (secondary N) is 1. The Labute approximate surface area is 105 Å². The van der Waals surface area contributed by atoms with E-state index in [4.69, 9.17) is 0 Å². The standard InChI is InChI=1S/C12H16N2O4/c1-8-5-4-6-11(16)14(8)7-10(12(17)18-3)13-9(2)15/h4-6,10H,7H2,1-3H3,(H,13,15). The Morgan fingerprint density at radius 1 is 1.44 bits per heavy atom. The largest absolute Gasteiger partial charge is 0.467 e. The zero-order chi connectivity index (χ0) is 13.7. The third-order valence-electron chi connectivity index (χ3n) is 2.50. The molecule has 98 valence electrons. The van der Waals surface area contributed by atoms with Crippen LogP contribution in [0.3, 0.4) is 0 Å². The lowest BCUT2D eigenvalue weighted by atomic mass is 10.2. The fraction of sp³-hybridized carbons (Fsp3) is 0.417. The Hall–Kier alpha value is -2.11. The molecule has 1 N–H and O–H groups in total. The molecule has 1 heterocycles. The summed E-state index contributed by atoms with van der Waals surface area (Å²) >= 11 is 0. The van der Waals surface area contributed by atoms with E-state index in [0.29, 0.717) is 5.69 Å². The summed E-state index contributed by atoms with van der Waals surface area (Å²) in [7, 11) is 1.23. The van der Waals surface area contributed by atoms with Gasteiger partial charge in [-0.15, -0.1) is 0 Å². The number of nitrogens with zero attached hydrogens (tertiary/aromatic N) is 1. The van der Waals surface area contributed by atoms with Gasteiger partial charge >= 0.3 is 5.97 Å². The van der Waals surface area contributed by atoms with E-state index >= 15 is 0 Å². The smallest absolute Gasteiger partial charge is 0.330 e. The number of pyridine rings is 1. The highest BCUT2D eigenvalue weighted by atomic mass is 16.5. The molecule has 0 saturated heterocycles. The zero-order valence-electron chi connectivity index (χ0n) is 10.6. The maximum Gasteiger partial charge on any atom is 0.330 e. The number of aryl methyl sites for hydroxylation is 1. The van der Waals surface area contributed by atoms with Crippen molar-refractivity contribution >= 4 is 11.9 Å². The number of carbonyl (C=O) groups excluding carboxylic acids is 2. The van der Waals surface area contributed by atoms with Crippen LogP contribution < -0.4 is 10.9 Å². The number of amides is 1. The van der Waals surface area contributed by atoms with Crippen LogP contribution in [0.5, 0.6) is 0 Å². The molecule has 0 spiro atoms. The van der Waals surface area contributed by atoms with Crippen molar-refractivity contribution in [2.24, 2.45) is 0 Å². The van der Waals surface area contributed by atoms with E-state index in [-0.39, 0.29) is 18.0 Å². The molecule has 0 saturated carbocycles. The maximum absolute atomic E-state index is 11.7. The fourth-order valence-corrected chi connectivity index (χ4v) is 1.61. The van der Waals surface area contributed by atoms with Gasteiger partial charge in [-0.05, 0) is 13.0 Å². The molecular formula is C12H16N2O4. The number of ether oxygens (including phenoxy) is 1. The molecule has 0 aliphatic rings. The van der Waals surface area contributed by atoms with E-state index in [1.165, 1.54) is 24.7 Å². The number of rotatable bonds is 4. The highest BCUT2D eigenvalue weighted by Crippen LogP contribution is 1.98. The minimum atomic E-state index is -0.869. The zero-order valence-corrected chi connectivity index (χ0v) is 10.6. The van der Waals surface area contributed by atoms with Crippen molar-refractivity contribution in [3.8, 4) is 0 Å². The van der Waals surface area contributed by atoms with E-state index in [1.54, 1.807) is 19.1 Å². The van der Waals surface area contributed by atoms with E-state index in [9.17, 15) is 14.4 Å². The van der Waals surface area contributed by atoms with Crippen molar-refractivity contribution in [1.29, 1.82) is 0 Å². The number of methoxy groups -OCH3 is 1. The lowest BCUT2D eigenvalue weighted by Gasteiger charge is -2.18. The molecule has 6 nitrogen and oxygen atoms in total. The van der Waals surface area contributed by atoms with Crippen molar-refractivity contribution in [3.05, 3.63) is 34.2 Å². The van der Waals surface area contributed by atoms with Crippen molar-refractivity contribution in [2.75, 3.05) is 7.11 Å². The predicted molar refractivity (Wildman–Crippen MR) is 65.1 cm³/mol. The highest BCUT2D eigenvalue weighted by Gasteiger charge is 2.21. The molecule has 0 radical (unpaired) electrons. The summed E-state index contributed by atoms with van der Waals surface area (Å²) in [6.45, 7) is 3.11. The van der Waals surface area contributed by atoms with Crippen LogP contribution >= 0.6 is 0 Å². The van der Waals surface area contributed by atoms with Crippen LogP contribution in [-0.4, -0.2) is 29.6 Å². The summed E-state index contributed by atoms with van der Waals surface area (Å²) in [5.41, 5.74) is 0.482. The predicted octanol–water partition coefficient (Wildman–Crippen LogP) is -0.166. The van der Waals surface area contributed by atoms with Crippen LogP contribution in [0, 0.1) is 6.92 Å². The quantitative estimate of drug-likeness (QED) is 0.755. The summed E-state index contributed by atoms with van der Waals surface area (Å²) in [5, 5.41) is 2.46. The van der Waals surface area contributed by atoms with Crippen LogP contribution in [0.15, 0.2) is 23.0 Å². The van der Waals surface area contributed by atoms with Gasteiger partial charge in [-0.3, -0.25) is 9.59 Å². The second-order valence-electron chi connectivity index (χ2n) is 3.89. The summed E-state index contributed by atoms with van der Waals surface area (Å²) in [4.78, 5) is 34.2. The first-order chi connectivity index (χ1) is 8.45. The molecule has 0 bridgehead atoms. The van der Waals surface area contributed by atoms with E-state index in [1.807, 2.05) is 0 Å². The lowest BCUT2D eigenvalue weighted by molar-refractivity contribution is -0.145. The van der Waals surface area contributed by atoms with E-state index in [0.717, 1.165) is 0 Å². The Bertz CT molecular complexity index is 507. The van der Waals surface area contributed by atoms with E-state index < -0.39 is 12.0 Å². The van der Waals surface area contributed by atoms with Crippen molar-refractivity contribution in [3.63, 3.8) is 0 Å². The Morgan fingerprint density at radius 2 is 2.11 bits per heavy atom.